The molecule has 0 saturated carbocycles. The normalized spacial score (nSPS) is 17.9. The van der Waals surface area contributed by atoms with Gasteiger partial charge in [0.1, 0.15) is 0 Å². The van der Waals surface area contributed by atoms with E-state index in [9.17, 15) is 26.3 Å². The van der Waals surface area contributed by atoms with Gasteiger partial charge in [0.15, 0.2) is 5.92 Å². The van der Waals surface area contributed by atoms with Gasteiger partial charge in [-0.2, -0.15) is 26.3 Å². The van der Waals surface area contributed by atoms with Crippen LogP contribution in [0.25, 0.3) is 0 Å². The van der Waals surface area contributed by atoms with E-state index in [4.69, 9.17) is 0 Å². The van der Waals surface area contributed by atoms with E-state index in [2.05, 4.69) is 0 Å². The second-order valence-electron chi connectivity index (χ2n) is 3.77. The molecule has 0 aliphatic heterocycles. The number of allylic oxidation sites excluding steroid dienone is 6. The highest BCUT2D eigenvalue weighted by Gasteiger charge is 2.57. The monoisotopic (exact) mass is 256 g/mol. The van der Waals surface area contributed by atoms with Crippen molar-refractivity contribution in [2.24, 2.45) is 5.92 Å². The Morgan fingerprint density at radius 3 is 2.00 bits per heavy atom. The molecule has 0 saturated heterocycles. The third-order valence-corrected chi connectivity index (χ3v) is 2.32. The van der Waals surface area contributed by atoms with Crippen LogP contribution in [0.15, 0.2) is 35.5 Å². The second-order valence-corrected chi connectivity index (χ2v) is 3.77. The first kappa shape index (κ1) is 13.9. The Morgan fingerprint density at radius 1 is 1.00 bits per heavy atom. The standard InChI is InChI=1S/C11H10F6/c1-7-3-2-4-8(6-5-7)9(10(12,13)14)11(15,16)17/h2-3,5-6,9H,4H2,1H3. The lowest BCUT2D eigenvalue weighted by molar-refractivity contribution is -0.271. The number of halogens is 6. The predicted molar refractivity (Wildman–Crippen MR) is 51.2 cm³/mol. The summed E-state index contributed by atoms with van der Waals surface area (Å²) in [6, 6.07) is 0. The van der Waals surface area contributed by atoms with Crippen molar-refractivity contribution >= 4 is 0 Å². The van der Waals surface area contributed by atoms with Gasteiger partial charge >= 0.3 is 12.4 Å². The lowest BCUT2D eigenvalue weighted by Crippen LogP contribution is -2.37. The highest BCUT2D eigenvalue weighted by atomic mass is 19.4. The Balaban J connectivity index is 3.13. The average molecular weight is 256 g/mol. The third kappa shape index (κ3) is 3.64. The van der Waals surface area contributed by atoms with Crippen LogP contribution in [0.2, 0.25) is 0 Å². The van der Waals surface area contributed by atoms with Crippen LogP contribution in [0.3, 0.4) is 0 Å². The smallest absolute Gasteiger partial charge is 0.170 e. The van der Waals surface area contributed by atoms with E-state index in [0.29, 0.717) is 5.57 Å². The number of hydrogen-bond acceptors (Lipinski definition) is 0. The Morgan fingerprint density at radius 2 is 1.53 bits per heavy atom. The fourth-order valence-electron chi connectivity index (χ4n) is 1.56. The lowest BCUT2D eigenvalue weighted by Gasteiger charge is -2.24. The topological polar surface area (TPSA) is 0 Å². The third-order valence-electron chi connectivity index (χ3n) is 2.32. The van der Waals surface area contributed by atoms with Crippen LogP contribution >= 0.6 is 0 Å². The van der Waals surface area contributed by atoms with E-state index in [-0.39, 0.29) is 6.42 Å². The first-order chi connectivity index (χ1) is 7.62. The molecule has 0 aromatic rings. The molecule has 0 bridgehead atoms. The maximum Gasteiger partial charge on any atom is 0.404 e. The summed E-state index contributed by atoms with van der Waals surface area (Å²) in [5.41, 5.74) is -0.0683. The highest BCUT2D eigenvalue weighted by molar-refractivity contribution is 5.31. The first-order valence-electron chi connectivity index (χ1n) is 4.79. The number of hydrogen-bond donors (Lipinski definition) is 0. The lowest BCUT2D eigenvalue weighted by atomic mass is 9.94. The summed E-state index contributed by atoms with van der Waals surface area (Å²) in [6.45, 7) is 1.60. The van der Waals surface area contributed by atoms with Crippen LogP contribution in [0.5, 0.6) is 0 Å². The molecule has 0 N–H and O–H groups in total. The van der Waals surface area contributed by atoms with Crippen molar-refractivity contribution in [2.45, 2.75) is 25.7 Å². The average Bonchev–Trinajstić information content (AvgIpc) is 2.26. The van der Waals surface area contributed by atoms with Crippen molar-refractivity contribution in [3.05, 3.63) is 35.5 Å². The minimum Gasteiger partial charge on any atom is -0.170 e. The molecule has 0 fully saturated rings. The van der Waals surface area contributed by atoms with E-state index in [1.807, 2.05) is 0 Å². The minimum atomic E-state index is -5.32. The van der Waals surface area contributed by atoms with Crippen LogP contribution in [0.4, 0.5) is 26.3 Å². The molecule has 0 radical (unpaired) electrons. The molecule has 0 amide bonds. The van der Waals surface area contributed by atoms with Crippen LogP contribution in [-0.2, 0) is 0 Å². The van der Waals surface area contributed by atoms with Crippen LogP contribution < -0.4 is 0 Å². The van der Waals surface area contributed by atoms with Gasteiger partial charge in [0.05, 0.1) is 0 Å². The molecule has 0 heterocycles. The van der Waals surface area contributed by atoms with Gasteiger partial charge in [0, 0.05) is 0 Å². The molecule has 0 unspecified atom stereocenters. The fourth-order valence-corrected chi connectivity index (χ4v) is 1.56. The summed E-state index contributed by atoms with van der Waals surface area (Å²) in [5.74, 6) is -3.39. The van der Waals surface area contributed by atoms with Gasteiger partial charge in [0.25, 0.3) is 0 Å². The summed E-state index contributed by atoms with van der Waals surface area (Å²) in [5, 5.41) is 0. The second kappa shape index (κ2) is 4.58. The number of alkyl halides is 6. The summed E-state index contributed by atoms with van der Waals surface area (Å²) in [6.07, 6.45) is -6.03. The molecule has 0 spiro atoms. The minimum absolute atomic E-state index is 0.350. The molecule has 1 rings (SSSR count). The van der Waals surface area contributed by atoms with E-state index < -0.39 is 23.8 Å². The summed E-state index contributed by atoms with van der Waals surface area (Å²) in [7, 11) is 0. The molecule has 17 heavy (non-hydrogen) atoms. The Labute approximate surface area is 94.3 Å². The first-order valence-corrected chi connectivity index (χ1v) is 4.79. The van der Waals surface area contributed by atoms with Crippen molar-refractivity contribution in [1.82, 2.24) is 0 Å². The van der Waals surface area contributed by atoms with Gasteiger partial charge < -0.3 is 0 Å². The molecule has 96 valence electrons. The van der Waals surface area contributed by atoms with E-state index in [0.717, 1.165) is 6.08 Å². The Kier molecular flexibility index (Phi) is 3.74. The zero-order valence-corrected chi connectivity index (χ0v) is 8.86. The van der Waals surface area contributed by atoms with E-state index >= 15 is 0 Å². The van der Waals surface area contributed by atoms with Gasteiger partial charge in [-0.3, -0.25) is 0 Å². The molecular formula is C11H10F6. The number of rotatable bonds is 1. The predicted octanol–water partition coefficient (Wildman–Crippen LogP) is 4.56. The molecule has 0 aromatic heterocycles. The highest BCUT2D eigenvalue weighted by Crippen LogP contribution is 2.45. The van der Waals surface area contributed by atoms with Crippen LogP contribution in [-0.4, -0.2) is 12.4 Å². The van der Waals surface area contributed by atoms with Gasteiger partial charge in [-0.05, 0) is 18.9 Å². The maximum atomic E-state index is 12.4. The molecule has 0 nitrogen and oxygen atoms in total. The van der Waals surface area contributed by atoms with Gasteiger partial charge in [-0.1, -0.05) is 29.9 Å². The summed E-state index contributed by atoms with van der Waals surface area (Å²) >= 11 is 0. The molecule has 1 aliphatic carbocycles. The molecule has 0 atom stereocenters. The van der Waals surface area contributed by atoms with Crippen molar-refractivity contribution in [3.8, 4) is 0 Å². The zero-order valence-electron chi connectivity index (χ0n) is 8.86. The van der Waals surface area contributed by atoms with Crippen molar-refractivity contribution in [2.75, 3.05) is 0 Å². The van der Waals surface area contributed by atoms with Crippen LogP contribution in [0, 0.1) is 5.92 Å². The quantitative estimate of drug-likeness (QED) is 0.603. The maximum absolute atomic E-state index is 12.4. The van der Waals surface area contributed by atoms with Gasteiger partial charge in [-0.15, -0.1) is 0 Å². The largest absolute Gasteiger partial charge is 0.404 e. The zero-order chi connectivity index (χ0) is 13.3. The van der Waals surface area contributed by atoms with Crippen LogP contribution in [0.1, 0.15) is 13.3 Å². The van der Waals surface area contributed by atoms with Crippen molar-refractivity contribution in [1.29, 1.82) is 0 Å². The summed E-state index contributed by atoms with van der Waals surface area (Å²) in [4.78, 5) is 0. The van der Waals surface area contributed by atoms with Crippen molar-refractivity contribution in [3.63, 3.8) is 0 Å². The van der Waals surface area contributed by atoms with Crippen molar-refractivity contribution < 1.29 is 26.3 Å². The molecule has 1 aliphatic rings. The van der Waals surface area contributed by atoms with E-state index in [1.54, 1.807) is 6.92 Å². The SMILES string of the molecule is CC1=CC=C(C(C(F)(F)F)C(F)(F)F)CC=C1. The van der Waals surface area contributed by atoms with Gasteiger partial charge in [0.2, 0.25) is 0 Å². The fraction of sp³-hybridized carbons (Fsp3) is 0.455. The Bertz CT molecular complexity index is 352. The molecular weight excluding hydrogens is 246 g/mol. The van der Waals surface area contributed by atoms with Gasteiger partial charge in [-0.25, -0.2) is 0 Å². The van der Waals surface area contributed by atoms with E-state index in [1.165, 1.54) is 18.2 Å². The Hall–Kier alpha value is -1.20. The molecule has 6 heteroatoms. The summed E-state index contributed by atoms with van der Waals surface area (Å²) < 4.78 is 74.5. The molecule has 0 aromatic carbocycles.